The maximum Gasteiger partial charge on any atom is 0.0598 e. The average molecular weight is 192 g/mol. The highest BCUT2D eigenvalue weighted by molar-refractivity contribution is 4.96. The van der Waals surface area contributed by atoms with Gasteiger partial charge in [0.2, 0.25) is 0 Å². The normalized spacial score (nSPS) is 31.2. The van der Waals surface area contributed by atoms with Crippen molar-refractivity contribution in [1.29, 1.82) is 0 Å². The summed E-state index contributed by atoms with van der Waals surface area (Å²) in [6, 6.07) is 1.58. The summed E-state index contributed by atoms with van der Waals surface area (Å²) in [6.07, 6.45) is 10.8. The van der Waals surface area contributed by atoms with E-state index in [4.69, 9.17) is 6.42 Å². The van der Waals surface area contributed by atoms with Crippen molar-refractivity contribution in [3.8, 4) is 12.3 Å². The first-order valence-corrected chi connectivity index (χ1v) is 5.68. The number of nitrogens with zero attached hydrogens (tertiary/aromatic N) is 1. The van der Waals surface area contributed by atoms with Gasteiger partial charge >= 0.3 is 0 Å². The highest BCUT2D eigenvalue weighted by atomic mass is 15.1. The van der Waals surface area contributed by atoms with Crippen LogP contribution in [0.25, 0.3) is 0 Å². The van der Waals surface area contributed by atoms with Crippen molar-refractivity contribution in [3.63, 3.8) is 0 Å². The smallest absolute Gasteiger partial charge is 0.0598 e. The topological polar surface area (TPSA) is 15.3 Å². The minimum atomic E-state index is 0.734. The molecule has 1 N–H and O–H groups in total. The molecule has 0 saturated heterocycles. The second kappa shape index (κ2) is 4.33. The molecule has 0 amide bonds. The van der Waals surface area contributed by atoms with Crippen LogP contribution >= 0.6 is 0 Å². The second-order valence-corrected chi connectivity index (χ2v) is 4.71. The molecule has 0 aliphatic heterocycles. The molecule has 14 heavy (non-hydrogen) atoms. The monoisotopic (exact) mass is 192 g/mol. The SMILES string of the molecule is C#CCN(C)C1CCC1CNC1CC1. The molecule has 2 fully saturated rings. The van der Waals surface area contributed by atoms with Crippen molar-refractivity contribution in [2.75, 3.05) is 20.1 Å². The molecule has 2 unspecified atom stereocenters. The van der Waals surface area contributed by atoms with Crippen LogP contribution in [-0.4, -0.2) is 37.1 Å². The molecule has 2 aliphatic rings. The summed E-state index contributed by atoms with van der Waals surface area (Å²) in [5, 5.41) is 3.61. The minimum absolute atomic E-state index is 0.734. The van der Waals surface area contributed by atoms with Crippen LogP contribution in [0, 0.1) is 18.3 Å². The molecule has 2 atom stereocenters. The fraction of sp³-hybridized carbons (Fsp3) is 0.833. The first-order valence-electron chi connectivity index (χ1n) is 5.68. The van der Waals surface area contributed by atoms with Crippen molar-refractivity contribution in [2.45, 2.75) is 37.8 Å². The van der Waals surface area contributed by atoms with Crippen LogP contribution in [0.15, 0.2) is 0 Å². The maximum atomic E-state index is 5.32. The predicted molar refractivity (Wildman–Crippen MR) is 59.0 cm³/mol. The van der Waals surface area contributed by atoms with E-state index in [1.54, 1.807) is 0 Å². The van der Waals surface area contributed by atoms with E-state index in [2.05, 4.69) is 23.2 Å². The van der Waals surface area contributed by atoms with E-state index in [1.165, 1.54) is 32.2 Å². The summed E-state index contributed by atoms with van der Waals surface area (Å²) < 4.78 is 0. The number of hydrogen-bond donors (Lipinski definition) is 1. The van der Waals surface area contributed by atoms with E-state index in [1.807, 2.05) is 0 Å². The summed E-state index contributed by atoms with van der Waals surface area (Å²) in [6.45, 7) is 1.99. The third kappa shape index (κ3) is 2.29. The Morgan fingerprint density at radius 1 is 1.36 bits per heavy atom. The van der Waals surface area contributed by atoms with Crippen LogP contribution in [0.1, 0.15) is 25.7 Å². The van der Waals surface area contributed by atoms with E-state index in [-0.39, 0.29) is 0 Å². The van der Waals surface area contributed by atoms with Crippen LogP contribution in [0.3, 0.4) is 0 Å². The Labute approximate surface area is 87.1 Å². The lowest BCUT2D eigenvalue weighted by Crippen LogP contribution is -2.49. The molecule has 2 nitrogen and oxygen atoms in total. The summed E-state index contributed by atoms with van der Waals surface area (Å²) >= 11 is 0. The average Bonchev–Trinajstić information content (AvgIpc) is 2.86. The molecular weight excluding hydrogens is 172 g/mol. The highest BCUT2D eigenvalue weighted by Crippen LogP contribution is 2.31. The van der Waals surface area contributed by atoms with Gasteiger partial charge in [-0.1, -0.05) is 5.92 Å². The fourth-order valence-corrected chi connectivity index (χ4v) is 2.24. The maximum absolute atomic E-state index is 5.32. The van der Waals surface area contributed by atoms with Gasteiger partial charge < -0.3 is 5.32 Å². The lowest BCUT2D eigenvalue weighted by molar-refractivity contribution is 0.0949. The first kappa shape index (κ1) is 10.0. The zero-order chi connectivity index (χ0) is 9.97. The lowest BCUT2D eigenvalue weighted by Gasteiger charge is -2.42. The molecule has 78 valence electrons. The molecular formula is C12H20N2. The Hall–Kier alpha value is -0.520. The Bertz CT molecular complexity index is 227. The Kier molecular flexibility index (Phi) is 3.10. The van der Waals surface area contributed by atoms with Gasteiger partial charge in [-0.25, -0.2) is 0 Å². The Morgan fingerprint density at radius 2 is 2.14 bits per heavy atom. The van der Waals surface area contributed by atoms with E-state index >= 15 is 0 Å². The quantitative estimate of drug-likeness (QED) is 0.656. The van der Waals surface area contributed by atoms with Crippen LogP contribution in [0.2, 0.25) is 0 Å². The number of rotatable bonds is 5. The molecule has 0 heterocycles. The van der Waals surface area contributed by atoms with Crippen LogP contribution in [-0.2, 0) is 0 Å². The largest absolute Gasteiger partial charge is 0.314 e. The van der Waals surface area contributed by atoms with E-state index in [0.29, 0.717) is 0 Å². The number of terminal acetylenes is 1. The van der Waals surface area contributed by atoms with Crippen molar-refractivity contribution in [2.24, 2.45) is 5.92 Å². The van der Waals surface area contributed by atoms with Gasteiger partial charge in [-0.05, 0) is 45.2 Å². The fourth-order valence-electron chi connectivity index (χ4n) is 2.24. The summed E-state index contributed by atoms with van der Waals surface area (Å²) in [4.78, 5) is 2.32. The van der Waals surface area contributed by atoms with Crippen LogP contribution < -0.4 is 5.32 Å². The molecule has 2 aliphatic carbocycles. The van der Waals surface area contributed by atoms with Gasteiger partial charge in [0.05, 0.1) is 6.54 Å². The van der Waals surface area contributed by atoms with Crippen LogP contribution in [0.5, 0.6) is 0 Å². The van der Waals surface area contributed by atoms with Crippen molar-refractivity contribution >= 4 is 0 Å². The van der Waals surface area contributed by atoms with Gasteiger partial charge in [0.1, 0.15) is 0 Å². The standard InChI is InChI=1S/C12H20N2/c1-3-8-14(2)12-7-4-10(12)9-13-11-5-6-11/h1,10-13H,4-9H2,2H3. The summed E-state index contributed by atoms with van der Waals surface area (Å²) in [5.41, 5.74) is 0. The van der Waals surface area contributed by atoms with Gasteiger partial charge in [-0.3, -0.25) is 4.90 Å². The second-order valence-electron chi connectivity index (χ2n) is 4.71. The molecule has 0 aromatic heterocycles. The summed E-state index contributed by atoms with van der Waals surface area (Å²) in [5.74, 6) is 3.56. The molecule has 2 rings (SSSR count). The van der Waals surface area contributed by atoms with Crippen molar-refractivity contribution in [1.82, 2.24) is 10.2 Å². The van der Waals surface area contributed by atoms with E-state index < -0.39 is 0 Å². The third-order valence-corrected chi connectivity index (χ3v) is 3.53. The molecule has 2 heteroatoms. The van der Waals surface area contributed by atoms with Crippen molar-refractivity contribution in [3.05, 3.63) is 0 Å². The first-order chi connectivity index (χ1) is 6.81. The molecule has 0 radical (unpaired) electrons. The molecule has 0 aromatic carbocycles. The van der Waals surface area contributed by atoms with Gasteiger partial charge in [0.15, 0.2) is 0 Å². The Morgan fingerprint density at radius 3 is 2.64 bits per heavy atom. The molecule has 0 spiro atoms. The van der Waals surface area contributed by atoms with Gasteiger partial charge in [-0.2, -0.15) is 0 Å². The number of hydrogen-bond acceptors (Lipinski definition) is 2. The molecule has 0 bridgehead atoms. The lowest BCUT2D eigenvalue weighted by atomic mass is 9.78. The zero-order valence-electron chi connectivity index (χ0n) is 9.00. The van der Waals surface area contributed by atoms with E-state index in [0.717, 1.165) is 24.5 Å². The van der Waals surface area contributed by atoms with Gasteiger partial charge in [-0.15, -0.1) is 6.42 Å². The molecule has 2 saturated carbocycles. The third-order valence-electron chi connectivity index (χ3n) is 3.53. The predicted octanol–water partition coefficient (Wildman–Crippen LogP) is 1.08. The van der Waals surface area contributed by atoms with E-state index in [9.17, 15) is 0 Å². The summed E-state index contributed by atoms with van der Waals surface area (Å²) in [7, 11) is 2.15. The molecule has 0 aromatic rings. The minimum Gasteiger partial charge on any atom is -0.314 e. The van der Waals surface area contributed by atoms with Gasteiger partial charge in [0.25, 0.3) is 0 Å². The van der Waals surface area contributed by atoms with Crippen LogP contribution in [0.4, 0.5) is 0 Å². The number of nitrogens with one attached hydrogen (secondary N) is 1. The highest BCUT2D eigenvalue weighted by Gasteiger charge is 2.34. The Balaban J connectivity index is 1.68. The zero-order valence-corrected chi connectivity index (χ0v) is 9.00. The van der Waals surface area contributed by atoms with Crippen molar-refractivity contribution < 1.29 is 0 Å². The van der Waals surface area contributed by atoms with Gasteiger partial charge in [0, 0.05) is 12.1 Å².